The number of hydrogen-bond donors (Lipinski definition) is 0. The highest BCUT2D eigenvalue weighted by molar-refractivity contribution is 5.82. The first-order valence-electron chi connectivity index (χ1n) is 43.1. The number of allylic oxidation sites excluding steroid dienone is 3. The Bertz CT molecular complexity index is 4290. The monoisotopic (exact) mass is 1660 g/mol. The Morgan fingerprint density at radius 2 is 0.697 bits per heavy atom. The minimum absolute atomic E-state index is 0. The predicted molar refractivity (Wildman–Crippen MR) is 527 cm³/mol. The van der Waals surface area contributed by atoms with E-state index in [0.29, 0.717) is 10.8 Å². The van der Waals surface area contributed by atoms with Gasteiger partial charge in [-0.25, -0.2) is 14.5 Å². The molecule has 0 unspecified atom stereocenters. The molecule has 2 aliphatic heterocycles. The van der Waals surface area contributed by atoms with Gasteiger partial charge in [-0.2, -0.15) is 0 Å². The number of aryl methyl sites for hydroxylation is 4. The second-order valence-electron chi connectivity index (χ2n) is 42.8. The summed E-state index contributed by atoms with van der Waals surface area (Å²) in [7, 11) is 0. The summed E-state index contributed by atoms with van der Waals surface area (Å²) in [6, 6.07) is 47.4. The van der Waals surface area contributed by atoms with Gasteiger partial charge in [-0.1, -0.05) is 314 Å². The van der Waals surface area contributed by atoms with Gasteiger partial charge in [-0.3, -0.25) is 44.9 Å². The van der Waals surface area contributed by atoms with Crippen LogP contribution in [-0.2, 0) is 54.3 Å². The summed E-state index contributed by atoms with van der Waals surface area (Å²) < 4.78 is 2.12. The third-order valence-electron chi connectivity index (χ3n) is 19.2. The zero-order valence-electron chi connectivity index (χ0n) is 82.7. The molecule has 0 saturated carbocycles. The Morgan fingerprint density at radius 1 is 0.287 bits per heavy atom. The summed E-state index contributed by atoms with van der Waals surface area (Å²) in [5.74, 6) is 0.898. The van der Waals surface area contributed by atoms with Gasteiger partial charge < -0.3 is 0 Å². The van der Waals surface area contributed by atoms with Gasteiger partial charge in [0.15, 0.2) is 5.69 Å². The van der Waals surface area contributed by atoms with Crippen LogP contribution >= 0.6 is 0 Å². The molecular weight excluding hydrogens is 1490 g/mol. The smallest absolute Gasteiger partial charge is 0.287 e. The van der Waals surface area contributed by atoms with Crippen LogP contribution in [0.15, 0.2) is 247 Å². The minimum atomic E-state index is -0.155. The fourth-order valence-electron chi connectivity index (χ4n) is 10.8. The minimum Gasteiger partial charge on any atom is -0.289 e. The van der Waals surface area contributed by atoms with Crippen molar-refractivity contribution in [2.45, 2.75) is 338 Å². The number of nitrogens with zero attached hydrogens (tertiary/aromatic N) is 13. The van der Waals surface area contributed by atoms with Crippen LogP contribution in [0.5, 0.6) is 0 Å². The van der Waals surface area contributed by atoms with Gasteiger partial charge in [0.25, 0.3) is 6.33 Å². The quantitative estimate of drug-likeness (QED) is 0.153. The molecule has 13 nitrogen and oxygen atoms in total. The maximum Gasteiger partial charge on any atom is 0.287 e. The maximum atomic E-state index is 4.58. The average Bonchev–Trinajstić information content (AvgIpc) is 0.935. The number of rotatable bonds is 2. The van der Waals surface area contributed by atoms with Crippen LogP contribution in [0, 0.1) is 38.5 Å². The molecule has 1 aromatic carbocycles. The number of aliphatic imine (C=N–C) groups is 2. The summed E-state index contributed by atoms with van der Waals surface area (Å²) in [6.07, 6.45) is 31.9. The lowest BCUT2D eigenvalue weighted by Crippen LogP contribution is -2.53. The summed E-state index contributed by atoms with van der Waals surface area (Å²) in [4.78, 5) is 50.7. The summed E-state index contributed by atoms with van der Waals surface area (Å²) in [5.41, 5.74) is 20.3. The molecule has 9 aromatic heterocycles. The van der Waals surface area contributed by atoms with Gasteiger partial charge in [0.1, 0.15) is 11.4 Å². The Labute approximate surface area is 744 Å². The van der Waals surface area contributed by atoms with Gasteiger partial charge in [0.2, 0.25) is 0 Å². The van der Waals surface area contributed by atoms with E-state index in [0.717, 1.165) is 58.6 Å². The highest BCUT2D eigenvalue weighted by Crippen LogP contribution is 2.31. The second kappa shape index (κ2) is 48.9. The first-order valence-corrected chi connectivity index (χ1v) is 43.1. The van der Waals surface area contributed by atoms with Crippen molar-refractivity contribution >= 4 is 12.4 Å². The van der Waals surface area contributed by atoms with Crippen molar-refractivity contribution in [2.75, 3.05) is 6.54 Å². The van der Waals surface area contributed by atoms with E-state index in [1.165, 1.54) is 44.7 Å². The van der Waals surface area contributed by atoms with Crippen molar-refractivity contribution in [3.05, 3.63) is 317 Å². The van der Waals surface area contributed by atoms with Crippen molar-refractivity contribution in [2.24, 2.45) is 20.8 Å². The second-order valence-corrected chi connectivity index (χ2v) is 42.8. The van der Waals surface area contributed by atoms with E-state index in [2.05, 4.69) is 428 Å². The van der Waals surface area contributed by atoms with Crippen LogP contribution in [0.4, 0.5) is 0 Å². The molecule has 0 atom stereocenters. The predicted octanol–water partition coefficient (Wildman–Crippen LogP) is 28.2. The Kier molecular flexibility index (Phi) is 44.2. The zero-order chi connectivity index (χ0) is 92.3. The molecule has 11 heterocycles. The molecule has 12 rings (SSSR count). The van der Waals surface area contributed by atoms with Crippen molar-refractivity contribution < 1.29 is 4.57 Å². The molecule has 10 aromatic rings. The van der Waals surface area contributed by atoms with Crippen LogP contribution in [0.25, 0.3) is 0 Å². The summed E-state index contributed by atoms with van der Waals surface area (Å²) >= 11 is 0. The summed E-state index contributed by atoms with van der Waals surface area (Å²) in [5, 5.41) is 0. The van der Waals surface area contributed by atoms with Gasteiger partial charge in [0.05, 0.1) is 12.7 Å². The Hall–Kier alpha value is -9.75. The standard InChI is InChI=1S/C16H22N3.4C10H15N.C10H14.2C9H13N.C8H12N2.2C8H13N.CH4/c1-15(2,3)14-8-10-19(12-18-14)16(4,5)13-7-6-9-17-11-13;2*1-8-7-9(5-6-11-8)10(2,3)4;2*1-8-5-6-9(7-11-8)10(2,3)4;1-10(2,3)9-7-5-4-6-8-9;2*1-9(2,3)8-6-4-5-7-10-8;1-8(2,3)7-9-5-4-6-10-7;1-8(2,3)7-4-5-9-6-7;1-8(2,3)7-5-4-6-9-7;/h6-12H,1-5H3;4*5-7H,1-4H3;4-8H,1-3H3;2*4-7H,1-3H3;4-6H,1-3H3;4,6H,5H2,1-3H3;5-6H,4H2,1-3H3;1H4/q+1;;;;;;;;;;;. The first-order chi connectivity index (χ1) is 55.4. The fourth-order valence-corrected chi connectivity index (χ4v) is 10.8. The average molecular weight is 1660 g/mol. The normalized spacial score (nSPS) is 12.6. The van der Waals surface area contributed by atoms with Crippen molar-refractivity contribution in [3.63, 3.8) is 0 Å². The van der Waals surface area contributed by atoms with Gasteiger partial charge in [0, 0.05) is 159 Å². The third-order valence-corrected chi connectivity index (χ3v) is 19.2. The molecule has 0 amide bonds. The van der Waals surface area contributed by atoms with E-state index in [4.69, 9.17) is 0 Å². The van der Waals surface area contributed by atoms with Crippen molar-refractivity contribution in [3.8, 4) is 0 Å². The van der Waals surface area contributed by atoms with Crippen molar-refractivity contribution in [1.29, 1.82) is 0 Å². The molecule has 2 aliphatic rings. The first kappa shape index (κ1) is 110. The van der Waals surface area contributed by atoms with Crippen LogP contribution in [-0.4, -0.2) is 68.8 Å². The molecule has 0 radical (unpaired) electrons. The van der Waals surface area contributed by atoms with E-state index in [9.17, 15) is 0 Å². The van der Waals surface area contributed by atoms with E-state index >= 15 is 0 Å². The highest BCUT2D eigenvalue weighted by atomic mass is 15.1. The van der Waals surface area contributed by atoms with Crippen LogP contribution in [0.3, 0.4) is 0 Å². The SMILES string of the molecule is C.CC(C)(C)C1=CCC=N1.CC(C)(C)C1=CCN=C1.CC(C)(C)c1cc[n+](C(C)(C)c2cccnc2)cn1.CC(C)(C)c1ccccc1.CC(C)(C)c1ccccn1.CC(C)(C)c1ccccn1.CC(C)(C)c1ncccn1.Cc1cc(C(C)(C)C)ccn1.Cc1cc(C(C)(C)C)ccn1.Cc1ccc(C(C)(C)C)cn1.Cc1ccc(C(C)(C)C)cn1. The van der Waals surface area contributed by atoms with E-state index in [1.54, 1.807) is 18.6 Å². The fraction of sp³-hybridized carbons (Fsp3) is 0.495. The largest absolute Gasteiger partial charge is 0.289 e. The maximum absolute atomic E-state index is 4.58. The molecule has 0 bridgehead atoms. The van der Waals surface area contributed by atoms with Crippen LogP contribution < -0.4 is 4.57 Å². The molecule has 13 heteroatoms. The number of hydrogen-bond acceptors (Lipinski definition) is 12. The topological polar surface area (TPSA) is 158 Å². The summed E-state index contributed by atoms with van der Waals surface area (Å²) in [6.45, 7) is 85.3. The van der Waals surface area contributed by atoms with E-state index < -0.39 is 0 Å². The van der Waals surface area contributed by atoms with E-state index in [1.807, 2.05) is 126 Å². The Morgan fingerprint density at radius 3 is 0.943 bits per heavy atom. The van der Waals surface area contributed by atoms with Gasteiger partial charge >= 0.3 is 0 Å². The lowest BCUT2D eigenvalue weighted by Gasteiger charge is -2.23. The van der Waals surface area contributed by atoms with Crippen molar-refractivity contribution in [1.82, 2.24) is 49.8 Å². The van der Waals surface area contributed by atoms with Gasteiger partial charge in [-0.15, -0.1) is 0 Å². The molecule has 0 N–H and O–H groups in total. The molecule has 0 spiro atoms. The molecule has 0 saturated heterocycles. The number of pyridine rings is 7. The third kappa shape index (κ3) is 44.4. The molecule has 0 fully saturated rings. The van der Waals surface area contributed by atoms with Gasteiger partial charge in [-0.05, 0) is 180 Å². The molecule has 0 aliphatic carbocycles. The molecule has 122 heavy (non-hydrogen) atoms. The van der Waals surface area contributed by atoms with E-state index in [-0.39, 0.29) is 61.7 Å². The van der Waals surface area contributed by atoms with Crippen LogP contribution in [0.1, 0.15) is 335 Å². The Balaban J connectivity index is 0.000000675. The molecular formula is C109H164N13+. The van der Waals surface area contributed by atoms with Crippen LogP contribution in [0.2, 0.25) is 0 Å². The highest BCUT2D eigenvalue weighted by Gasteiger charge is 2.30. The molecule has 664 valence electrons. The number of benzene rings is 1. The number of aromatic nitrogens is 11. The zero-order valence-corrected chi connectivity index (χ0v) is 82.7. The lowest BCUT2D eigenvalue weighted by atomic mass is 9.87. The lowest BCUT2D eigenvalue weighted by molar-refractivity contribution is -0.750.